The topological polar surface area (TPSA) is 47.3 Å². The van der Waals surface area contributed by atoms with Crippen LogP contribution in [0.3, 0.4) is 0 Å². The molecule has 0 aromatic rings. The number of nitrogens with one attached hydrogen (secondary N) is 1. The number of rotatable bonds is 13. The predicted octanol–water partition coefficient (Wildman–Crippen LogP) is 3.08. The largest absolute Gasteiger partial charge is 0.380 e. The van der Waals surface area contributed by atoms with Crippen LogP contribution in [0.4, 0.5) is 0 Å². The van der Waals surface area contributed by atoms with Crippen LogP contribution in [0.5, 0.6) is 0 Å². The number of hydrogen-bond donors (Lipinski definition) is 2. The van der Waals surface area contributed by atoms with Crippen LogP contribution < -0.4 is 11.1 Å². The second kappa shape index (κ2) is 13.3. The van der Waals surface area contributed by atoms with E-state index in [1.165, 1.54) is 51.4 Å². The standard InChI is InChI=1S/C15H34N2O/c1-4-5-6-7-8-9-10-11-15(12-16)17-13-14(2)18-3/h14-15,17H,4-13,16H2,1-3H3. The van der Waals surface area contributed by atoms with Crippen LogP contribution in [0, 0.1) is 0 Å². The molecule has 0 aliphatic rings. The average Bonchev–Trinajstić information content (AvgIpc) is 2.40. The fourth-order valence-electron chi connectivity index (χ4n) is 2.07. The Bertz CT molecular complexity index is 165. The van der Waals surface area contributed by atoms with Gasteiger partial charge in [-0.15, -0.1) is 0 Å². The lowest BCUT2D eigenvalue weighted by Gasteiger charge is -2.19. The third kappa shape index (κ3) is 11.0. The van der Waals surface area contributed by atoms with Gasteiger partial charge < -0.3 is 15.8 Å². The van der Waals surface area contributed by atoms with E-state index in [1.54, 1.807) is 7.11 Å². The molecule has 3 nitrogen and oxygen atoms in total. The minimum atomic E-state index is 0.271. The van der Waals surface area contributed by atoms with E-state index in [0.29, 0.717) is 6.04 Å². The lowest BCUT2D eigenvalue weighted by molar-refractivity contribution is 0.114. The molecule has 0 aliphatic carbocycles. The normalized spacial score (nSPS) is 14.7. The van der Waals surface area contributed by atoms with Gasteiger partial charge in [0.25, 0.3) is 0 Å². The van der Waals surface area contributed by atoms with Gasteiger partial charge in [0, 0.05) is 26.2 Å². The number of nitrogens with two attached hydrogens (primary N) is 1. The summed E-state index contributed by atoms with van der Waals surface area (Å²) in [5, 5.41) is 3.48. The summed E-state index contributed by atoms with van der Waals surface area (Å²) >= 11 is 0. The fraction of sp³-hybridized carbons (Fsp3) is 1.00. The third-order valence-corrected chi connectivity index (χ3v) is 3.54. The first-order chi connectivity index (χ1) is 8.74. The van der Waals surface area contributed by atoms with Gasteiger partial charge in [-0.1, -0.05) is 51.9 Å². The van der Waals surface area contributed by atoms with E-state index in [0.717, 1.165) is 13.1 Å². The van der Waals surface area contributed by atoms with E-state index in [9.17, 15) is 0 Å². The first kappa shape index (κ1) is 17.9. The summed E-state index contributed by atoms with van der Waals surface area (Å²) in [4.78, 5) is 0. The smallest absolute Gasteiger partial charge is 0.0667 e. The molecule has 0 bridgehead atoms. The van der Waals surface area contributed by atoms with Crippen molar-refractivity contribution in [2.45, 2.75) is 77.4 Å². The summed E-state index contributed by atoms with van der Waals surface area (Å²) in [6, 6.07) is 0.457. The van der Waals surface area contributed by atoms with Crippen LogP contribution in [-0.2, 0) is 4.74 Å². The Labute approximate surface area is 114 Å². The maximum absolute atomic E-state index is 5.78. The van der Waals surface area contributed by atoms with Gasteiger partial charge in [0.1, 0.15) is 0 Å². The van der Waals surface area contributed by atoms with Crippen LogP contribution in [0.2, 0.25) is 0 Å². The second-order valence-corrected chi connectivity index (χ2v) is 5.30. The Balaban J connectivity index is 3.38. The number of hydrogen-bond acceptors (Lipinski definition) is 3. The molecule has 2 atom stereocenters. The zero-order valence-electron chi connectivity index (χ0n) is 12.7. The van der Waals surface area contributed by atoms with E-state index in [-0.39, 0.29) is 6.10 Å². The molecule has 0 saturated carbocycles. The molecule has 110 valence electrons. The molecule has 0 aromatic heterocycles. The Hall–Kier alpha value is -0.120. The summed E-state index contributed by atoms with van der Waals surface area (Å²) in [6.45, 7) is 5.97. The summed E-state index contributed by atoms with van der Waals surface area (Å²) < 4.78 is 5.22. The van der Waals surface area contributed by atoms with Crippen molar-refractivity contribution in [1.82, 2.24) is 5.32 Å². The molecule has 2 unspecified atom stereocenters. The van der Waals surface area contributed by atoms with Gasteiger partial charge in [0.05, 0.1) is 6.10 Å². The summed E-state index contributed by atoms with van der Waals surface area (Å²) in [5.74, 6) is 0. The van der Waals surface area contributed by atoms with Crippen LogP contribution in [-0.4, -0.2) is 32.3 Å². The molecule has 0 aromatic carbocycles. The van der Waals surface area contributed by atoms with Crippen molar-refractivity contribution in [3.63, 3.8) is 0 Å². The summed E-state index contributed by atoms with van der Waals surface area (Å²) in [5.41, 5.74) is 5.78. The molecule has 0 amide bonds. The van der Waals surface area contributed by atoms with Crippen molar-refractivity contribution < 1.29 is 4.74 Å². The van der Waals surface area contributed by atoms with E-state index in [4.69, 9.17) is 10.5 Å². The maximum Gasteiger partial charge on any atom is 0.0667 e. The zero-order chi connectivity index (χ0) is 13.6. The molecule has 0 radical (unpaired) electrons. The highest BCUT2D eigenvalue weighted by molar-refractivity contribution is 4.69. The summed E-state index contributed by atoms with van der Waals surface area (Å²) in [6.07, 6.45) is 11.0. The molecule has 0 rings (SSSR count). The SMILES string of the molecule is CCCCCCCCCC(CN)NCC(C)OC. The zero-order valence-corrected chi connectivity index (χ0v) is 12.7. The van der Waals surface area contributed by atoms with Crippen molar-refractivity contribution in [2.24, 2.45) is 5.73 Å². The Morgan fingerprint density at radius 2 is 1.67 bits per heavy atom. The molecule has 0 saturated heterocycles. The van der Waals surface area contributed by atoms with Crippen LogP contribution >= 0.6 is 0 Å². The molecular weight excluding hydrogens is 224 g/mol. The quantitative estimate of drug-likeness (QED) is 0.499. The summed E-state index contributed by atoms with van der Waals surface area (Å²) in [7, 11) is 1.75. The van der Waals surface area contributed by atoms with Crippen molar-refractivity contribution in [1.29, 1.82) is 0 Å². The van der Waals surface area contributed by atoms with Gasteiger partial charge in [-0.05, 0) is 13.3 Å². The van der Waals surface area contributed by atoms with Crippen LogP contribution in [0.15, 0.2) is 0 Å². The van der Waals surface area contributed by atoms with Gasteiger partial charge in [-0.25, -0.2) is 0 Å². The highest BCUT2D eigenvalue weighted by Crippen LogP contribution is 2.09. The van der Waals surface area contributed by atoms with Gasteiger partial charge in [-0.3, -0.25) is 0 Å². The predicted molar refractivity (Wildman–Crippen MR) is 79.9 cm³/mol. The maximum atomic E-state index is 5.78. The van der Waals surface area contributed by atoms with Crippen molar-refractivity contribution in [3.05, 3.63) is 0 Å². The van der Waals surface area contributed by atoms with Crippen molar-refractivity contribution >= 4 is 0 Å². The first-order valence-corrected chi connectivity index (χ1v) is 7.70. The molecule has 3 heteroatoms. The highest BCUT2D eigenvalue weighted by Gasteiger charge is 2.07. The van der Waals surface area contributed by atoms with E-state index in [2.05, 4.69) is 19.2 Å². The van der Waals surface area contributed by atoms with Crippen LogP contribution in [0.1, 0.15) is 65.2 Å². The monoisotopic (exact) mass is 258 g/mol. The van der Waals surface area contributed by atoms with E-state index >= 15 is 0 Å². The molecule has 0 fully saturated rings. The molecule has 18 heavy (non-hydrogen) atoms. The van der Waals surface area contributed by atoms with Crippen LogP contribution in [0.25, 0.3) is 0 Å². The van der Waals surface area contributed by atoms with Gasteiger partial charge in [0.2, 0.25) is 0 Å². The molecule has 0 aliphatic heterocycles. The lowest BCUT2D eigenvalue weighted by Crippen LogP contribution is -2.40. The van der Waals surface area contributed by atoms with Crippen molar-refractivity contribution in [3.8, 4) is 0 Å². The first-order valence-electron chi connectivity index (χ1n) is 7.70. The Morgan fingerprint density at radius 3 is 2.22 bits per heavy atom. The average molecular weight is 258 g/mol. The highest BCUT2D eigenvalue weighted by atomic mass is 16.5. The van der Waals surface area contributed by atoms with Gasteiger partial charge in [0.15, 0.2) is 0 Å². The second-order valence-electron chi connectivity index (χ2n) is 5.30. The third-order valence-electron chi connectivity index (χ3n) is 3.54. The number of ether oxygens (including phenoxy) is 1. The minimum Gasteiger partial charge on any atom is -0.380 e. The molecular formula is C15H34N2O. The van der Waals surface area contributed by atoms with E-state index in [1.807, 2.05) is 0 Å². The van der Waals surface area contributed by atoms with Gasteiger partial charge >= 0.3 is 0 Å². The molecule has 0 spiro atoms. The number of unbranched alkanes of at least 4 members (excludes halogenated alkanes) is 6. The number of methoxy groups -OCH3 is 1. The molecule has 3 N–H and O–H groups in total. The van der Waals surface area contributed by atoms with E-state index < -0.39 is 0 Å². The lowest BCUT2D eigenvalue weighted by atomic mass is 10.0. The van der Waals surface area contributed by atoms with Gasteiger partial charge in [-0.2, -0.15) is 0 Å². The minimum absolute atomic E-state index is 0.271. The Morgan fingerprint density at radius 1 is 1.06 bits per heavy atom. The Kier molecular flexibility index (Phi) is 13.2. The fourth-order valence-corrected chi connectivity index (χ4v) is 2.07. The molecule has 0 heterocycles. The van der Waals surface area contributed by atoms with Crippen molar-refractivity contribution in [2.75, 3.05) is 20.2 Å².